The van der Waals surface area contributed by atoms with Crippen LogP contribution in [0.4, 0.5) is 0 Å². The minimum absolute atomic E-state index is 0.389. The fourth-order valence-electron chi connectivity index (χ4n) is 1.60. The van der Waals surface area contributed by atoms with Gasteiger partial charge in [-0.05, 0) is 22.1 Å². The van der Waals surface area contributed by atoms with Crippen LogP contribution in [0.2, 0.25) is 0 Å². The van der Waals surface area contributed by atoms with Gasteiger partial charge in [-0.2, -0.15) is 5.26 Å². The molecule has 0 N–H and O–H groups in total. The highest BCUT2D eigenvalue weighted by Crippen LogP contribution is 2.21. The molecule has 0 aliphatic heterocycles. The zero-order valence-electron chi connectivity index (χ0n) is 11.6. The average Bonchev–Trinajstić information content (AvgIpc) is 2.97. The summed E-state index contributed by atoms with van der Waals surface area (Å²) in [5.41, 5.74) is 1.25. The molecule has 0 unspecified atom stereocenters. The van der Waals surface area contributed by atoms with Crippen molar-refractivity contribution in [2.24, 2.45) is 0 Å². The molecule has 21 heavy (non-hydrogen) atoms. The molecule has 9 heteroatoms. The smallest absolute Gasteiger partial charge is 0.209 e. The molecule has 0 atom stereocenters. The maximum atomic E-state index is 9.01. The Bertz CT molecular complexity index is 622. The third-order valence-corrected chi connectivity index (χ3v) is 3.71. The number of pyridine rings is 1. The van der Waals surface area contributed by atoms with Crippen LogP contribution >= 0.6 is 11.8 Å². The zero-order chi connectivity index (χ0) is 15.1. The molecule has 8 nitrogen and oxygen atoms in total. The van der Waals surface area contributed by atoms with Gasteiger partial charge in [0, 0.05) is 26.2 Å². The molecular formula is C12H14N6O2S. The Morgan fingerprint density at radius 3 is 2.95 bits per heavy atom. The van der Waals surface area contributed by atoms with Gasteiger partial charge in [-0.25, -0.2) is 9.67 Å². The monoisotopic (exact) mass is 306 g/mol. The van der Waals surface area contributed by atoms with Crippen LogP contribution in [0.25, 0.3) is 0 Å². The van der Waals surface area contributed by atoms with Crippen LogP contribution in [0, 0.1) is 11.3 Å². The molecule has 0 aliphatic carbocycles. The van der Waals surface area contributed by atoms with Gasteiger partial charge < -0.3 is 9.47 Å². The quantitative estimate of drug-likeness (QED) is 0.548. The molecule has 2 aromatic rings. The highest BCUT2D eigenvalue weighted by atomic mass is 32.2. The number of nitriles is 1. The Labute approximate surface area is 126 Å². The van der Waals surface area contributed by atoms with E-state index in [4.69, 9.17) is 14.7 Å². The van der Waals surface area contributed by atoms with Crippen LogP contribution < -0.4 is 0 Å². The van der Waals surface area contributed by atoms with E-state index in [2.05, 4.69) is 26.6 Å². The van der Waals surface area contributed by atoms with Crippen LogP contribution in [0.3, 0.4) is 0 Å². The number of hydrogen-bond donors (Lipinski definition) is 0. The van der Waals surface area contributed by atoms with E-state index >= 15 is 0 Å². The van der Waals surface area contributed by atoms with Gasteiger partial charge >= 0.3 is 0 Å². The molecule has 2 aromatic heterocycles. The molecule has 0 spiro atoms. The standard InChI is InChI=1S/C12H14N6O2S/c1-19-11(20-2)7-18-12(15-16-17-18)21-8-9-4-3-5-14-10(9)6-13/h3-5,11H,7-8H2,1-2H3. The largest absolute Gasteiger partial charge is 0.354 e. The maximum Gasteiger partial charge on any atom is 0.209 e. The van der Waals surface area contributed by atoms with Crippen LogP contribution in [0.1, 0.15) is 11.3 Å². The van der Waals surface area contributed by atoms with Crippen molar-refractivity contribution in [1.82, 2.24) is 25.2 Å². The fourth-order valence-corrected chi connectivity index (χ4v) is 2.47. The molecule has 0 saturated carbocycles. The number of rotatable bonds is 7. The van der Waals surface area contributed by atoms with Crippen molar-refractivity contribution in [3.8, 4) is 6.07 Å². The van der Waals surface area contributed by atoms with Crippen LogP contribution in [0.15, 0.2) is 23.5 Å². The molecule has 2 heterocycles. The Hall–Kier alpha value is -2.02. The van der Waals surface area contributed by atoms with Gasteiger partial charge in [-0.3, -0.25) is 0 Å². The van der Waals surface area contributed by atoms with Crippen LogP contribution in [-0.4, -0.2) is 45.7 Å². The minimum atomic E-state index is -0.416. The van der Waals surface area contributed by atoms with Crippen LogP contribution in [0.5, 0.6) is 0 Å². The Morgan fingerprint density at radius 1 is 1.43 bits per heavy atom. The van der Waals surface area contributed by atoms with E-state index in [1.165, 1.54) is 11.8 Å². The van der Waals surface area contributed by atoms with Crippen molar-refractivity contribution in [2.45, 2.75) is 23.7 Å². The summed E-state index contributed by atoms with van der Waals surface area (Å²) in [7, 11) is 3.11. The van der Waals surface area contributed by atoms with Crippen molar-refractivity contribution < 1.29 is 9.47 Å². The second-order valence-corrected chi connectivity index (χ2v) is 4.90. The van der Waals surface area contributed by atoms with E-state index in [9.17, 15) is 0 Å². The predicted octanol–water partition coefficient (Wildman–Crippen LogP) is 0.851. The number of thioether (sulfide) groups is 1. The third-order valence-electron chi connectivity index (χ3n) is 2.70. The zero-order valence-corrected chi connectivity index (χ0v) is 12.4. The van der Waals surface area contributed by atoms with Crippen molar-refractivity contribution in [3.63, 3.8) is 0 Å². The van der Waals surface area contributed by atoms with E-state index in [1.807, 2.05) is 6.07 Å². The number of nitrogens with zero attached hydrogens (tertiary/aromatic N) is 6. The van der Waals surface area contributed by atoms with E-state index in [0.29, 0.717) is 23.1 Å². The van der Waals surface area contributed by atoms with Gasteiger partial charge in [0.15, 0.2) is 6.29 Å². The average molecular weight is 306 g/mol. The lowest BCUT2D eigenvalue weighted by molar-refractivity contribution is -0.113. The highest BCUT2D eigenvalue weighted by Gasteiger charge is 2.13. The lowest BCUT2D eigenvalue weighted by Gasteiger charge is -2.13. The number of tetrazole rings is 1. The molecule has 0 aromatic carbocycles. The molecule has 0 fully saturated rings. The summed E-state index contributed by atoms with van der Waals surface area (Å²) in [4.78, 5) is 4.02. The normalized spacial score (nSPS) is 10.8. The number of aromatic nitrogens is 5. The first kappa shape index (κ1) is 15.4. The van der Waals surface area contributed by atoms with E-state index in [1.54, 1.807) is 31.2 Å². The van der Waals surface area contributed by atoms with E-state index in [-0.39, 0.29) is 0 Å². The summed E-state index contributed by atoms with van der Waals surface area (Å²) in [6.07, 6.45) is 1.18. The van der Waals surface area contributed by atoms with Gasteiger partial charge in [0.05, 0.1) is 6.54 Å². The van der Waals surface area contributed by atoms with Crippen LogP contribution in [-0.2, 0) is 21.8 Å². The lowest BCUT2D eigenvalue weighted by Crippen LogP contribution is -2.21. The summed E-state index contributed by atoms with van der Waals surface area (Å²) < 4.78 is 11.9. The molecule has 0 saturated heterocycles. The second-order valence-electron chi connectivity index (χ2n) is 3.96. The van der Waals surface area contributed by atoms with Gasteiger partial charge in [-0.15, -0.1) is 5.10 Å². The minimum Gasteiger partial charge on any atom is -0.354 e. The number of hydrogen-bond acceptors (Lipinski definition) is 8. The molecule has 2 rings (SSSR count). The summed E-state index contributed by atoms with van der Waals surface area (Å²) >= 11 is 1.42. The molecule has 0 bridgehead atoms. The van der Waals surface area contributed by atoms with Gasteiger partial charge in [0.1, 0.15) is 11.8 Å². The maximum absolute atomic E-state index is 9.01. The highest BCUT2D eigenvalue weighted by molar-refractivity contribution is 7.98. The Balaban J connectivity index is 2.04. The van der Waals surface area contributed by atoms with Crippen molar-refractivity contribution in [3.05, 3.63) is 29.6 Å². The topological polar surface area (TPSA) is 98.7 Å². The number of ether oxygens (including phenoxy) is 2. The van der Waals surface area contributed by atoms with Crippen molar-refractivity contribution in [2.75, 3.05) is 14.2 Å². The summed E-state index contributed by atoms with van der Waals surface area (Å²) in [5, 5.41) is 21.1. The summed E-state index contributed by atoms with van der Waals surface area (Å²) in [5.74, 6) is 0.557. The predicted molar refractivity (Wildman–Crippen MR) is 74.1 cm³/mol. The van der Waals surface area contributed by atoms with E-state index in [0.717, 1.165) is 5.56 Å². The lowest BCUT2D eigenvalue weighted by atomic mass is 10.2. The van der Waals surface area contributed by atoms with Gasteiger partial charge in [0.2, 0.25) is 5.16 Å². The molecule has 110 valence electrons. The molecule has 0 amide bonds. The first-order chi connectivity index (χ1) is 10.3. The summed E-state index contributed by atoms with van der Waals surface area (Å²) in [6.45, 7) is 0.389. The molecule has 0 radical (unpaired) electrons. The second kappa shape index (κ2) is 7.68. The van der Waals surface area contributed by atoms with Crippen molar-refractivity contribution >= 4 is 11.8 Å². The Kier molecular flexibility index (Phi) is 5.62. The first-order valence-electron chi connectivity index (χ1n) is 6.07. The van der Waals surface area contributed by atoms with Gasteiger partial charge in [-0.1, -0.05) is 17.8 Å². The Morgan fingerprint density at radius 2 is 2.24 bits per heavy atom. The fraction of sp³-hybridized carbons (Fsp3) is 0.417. The van der Waals surface area contributed by atoms with E-state index < -0.39 is 6.29 Å². The molecule has 0 aliphatic rings. The van der Waals surface area contributed by atoms with Crippen molar-refractivity contribution in [1.29, 1.82) is 5.26 Å². The first-order valence-corrected chi connectivity index (χ1v) is 7.05. The van der Waals surface area contributed by atoms with Gasteiger partial charge in [0.25, 0.3) is 0 Å². The third kappa shape index (κ3) is 3.98. The molecular weight excluding hydrogens is 292 g/mol. The number of methoxy groups -OCH3 is 2. The summed E-state index contributed by atoms with van der Waals surface area (Å²) in [6, 6.07) is 5.73. The SMILES string of the molecule is COC(Cn1nnnc1SCc1cccnc1C#N)OC.